The fraction of sp³-hybridized carbons (Fsp3) is 0.571. The second kappa shape index (κ2) is 7.24. The number of nitrogens with one attached hydrogen (secondary N) is 1. The van der Waals surface area contributed by atoms with Crippen LogP contribution in [0.4, 0.5) is 18.0 Å². The van der Waals surface area contributed by atoms with E-state index >= 15 is 0 Å². The molecule has 1 aliphatic heterocycles. The third kappa shape index (κ3) is 4.27. The van der Waals surface area contributed by atoms with Crippen LogP contribution in [-0.4, -0.2) is 38.6 Å². The number of hydrogen-bond donors (Lipinski definition) is 1. The molecule has 0 bridgehead atoms. The van der Waals surface area contributed by atoms with E-state index in [1.165, 1.54) is 11.5 Å². The molecule has 1 unspecified atom stereocenters. The molecule has 2 amide bonds. The van der Waals surface area contributed by atoms with Crippen LogP contribution in [0.25, 0.3) is 0 Å². The molecule has 1 N–H and O–H groups in total. The summed E-state index contributed by atoms with van der Waals surface area (Å²) in [7, 11) is 0. The summed E-state index contributed by atoms with van der Waals surface area (Å²) in [5, 5.41) is 10.1. The summed E-state index contributed by atoms with van der Waals surface area (Å²) in [6, 6.07) is -0.439. The highest BCUT2D eigenvalue weighted by Gasteiger charge is 2.35. The Hall–Kier alpha value is -1.75. The highest BCUT2D eigenvalue weighted by atomic mass is 32.1. The van der Waals surface area contributed by atoms with Gasteiger partial charge >= 0.3 is 12.2 Å². The van der Waals surface area contributed by atoms with Crippen LogP contribution >= 0.6 is 22.9 Å². The van der Waals surface area contributed by atoms with E-state index in [-0.39, 0.29) is 18.0 Å². The summed E-state index contributed by atoms with van der Waals surface area (Å²) in [4.78, 5) is 17.7. The molecule has 25 heavy (non-hydrogen) atoms. The number of carbonyl (C=O) groups excluding carboxylic acids is 1. The predicted octanol–water partition coefficient (Wildman–Crippen LogP) is 3.66. The first-order valence-corrected chi connectivity index (χ1v) is 9.41. The van der Waals surface area contributed by atoms with Gasteiger partial charge in [0.15, 0.2) is 5.69 Å². The minimum absolute atomic E-state index is 0.0367. The van der Waals surface area contributed by atoms with Crippen molar-refractivity contribution in [3.8, 4) is 0 Å². The largest absolute Gasteiger partial charge is 0.434 e. The summed E-state index contributed by atoms with van der Waals surface area (Å²) in [6.45, 7) is 2.80. The molecule has 3 heterocycles. The molecule has 3 rings (SSSR count). The summed E-state index contributed by atoms with van der Waals surface area (Å²) in [5.41, 5.74) is -0.130. The Morgan fingerprint density at radius 3 is 2.64 bits per heavy atom. The molecule has 2 aromatic heterocycles. The van der Waals surface area contributed by atoms with E-state index < -0.39 is 11.9 Å². The van der Waals surface area contributed by atoms with Crippen molar-refractivity contribution < 1.29 is 18.0 Å². The molecular formula is C14H16F3N5OS2. The van der Waals surface area contributed by atoms with Gasteiger partial charge in [-0.05, 0) is 31.3 Å². The second-order valence-electron chi connectivity index (χ2n) is 5.83. The van der Waals surface area contributed by atoms with Crippen LogP contribution in [0.2, 0.25) is 0 Å². The number of rotatable bonds is 3. The number of nitrogens with zero attached hydrogens (tertiary/aromatic N) is 4. The maximum Gasteiger partial charge on any atom is 0.434 e. The monoisotopic (exact) mass is 391 g/mol. The van der Waals surface area contributed by atoms with E-state index in [1.807, 2.05) is 6.92 Å². The second-order valence-corrected chi connectivity index (χ2v) is 7.33. The van der Waals surface area contributed by atoms with Crippen molar-refractivity contribution in [1.29, 1.82) is 0 Å². The first kappa shape index (κ1) is 18.1. The van der Waals surface area contributed by atoms with E-state index in [9.17, 15) is 18.0 Å². The van der Waals surface area contributed by atoms with Gasteiger partial charge in [0.2, 0.25) is 0 Å². The Labute approximate surface area is 150 Å². The zero-order valence-electron chi connectivity index (χ0n) is 13.3. The van der Waals surface area contributed by atoms with Gasteiger partial charge in [0.05, 0.1) is 16.7 Å². The maximum atomic E-state index is 12.6. The minimum Gasteiger partial charge on any atom is -0.330 e. The normalized spacial score (nSPS) is 17.5. The molecule has 11 heteroatoms. The van der Waals surface area contributed by atoms with E-state index in [0.29, 0.717) is 36.6 Å². The first-order valence-electron chi connectivity index (χ1n) is 7.69. The highest BCUT2D eigenvalue weighted by molar-refractivity contribution is 7.09. The summed E-state index contributed by atoms with van der Waals surface area (Å²) < 4.78 is 41.7. The Morgan fingerprint density at radius 1 is 1.36 bits per heavy atom. The Bertz CT molecular complexity index is 710. The zero-order chi connectivity index (χ0) is 18.0. The number of amides is 2. The average Bonchev–Trinajstić information content (AvgIpc) is 3.26. The molecule has 1 saturated heterocycles. The van der Waals surface area contributed by atoms with Crippen LogP contribution < -0.4 is 5.32 Å². The number of carbonyl (C=O) groups is 1. The highest BCUT2D eigenvalue weighted by Crippen LogP contribution is 2.35. The third-order valence-electron chi connectivity index (χ3n) is 4.10. The maximum absolute atomic E-state index is 12.6. The fourth-order valence-corrected chi connectivity index (χ4v) is 4.19. The van der Waals surface area contributed by atoms with Crippen molar-refractivity contribution in [2.45, 2.75) is 37.9 Å². The first-order chi connectivity index (χ1) is 11.8. The summed E-state index contributed by atoms with van der Waals surface area (Å²) in [6.07, 6.45) is -3.20. The average molecular weight is 391 g/mol. The van der Waals surface area contributed by atoms with E-state index in [1.54, 1.807) is 10.3 Å². The predicted molar refractivity (Wildman–Crippen MR) is 87.5 cm³/mol. The summed E-state index contributed by atoms with van der Waals surface area (Å²) >= 11 is 2.26. The lowest BCUT2D eigenvalue weighted by Crippen LogP contribution is -2.44. The van der Waals surface area contributed by atoms with Gasteiger partial charge in [-0.25, -0.2) is 9.78 Å². The summed E-state index contributed by atoms with van der Waals surface area (Å²) in [5.74, 6) is -0.0367. The Kier molecular flexibility index (Phi) is 5.23. The van der Waals surface area contributed by atoms with Gasteiger partial charge in [-0.3, -0.25) is 0 Å². The number of hydrogen-bond acceptors (Lipinski definition) is 6. The van der Waals surface area contributed by atoms with Crippen LogP contribution in [0, 0.1) is 0 Å². The molecule has 1 fully saturated rings. The number of halogens is 3. The van der Waals surface area contributed by atoms with Gasteiger partial charge < -0.3 is 10.2 Å². The van der Waals surface area contributed by atoms with Crippen molar-refractivity contribution in [1.82, 2.24) is 24.8 Å². The lowest BCUT2D eigenvalue weighted by atomic mass is 9.98. The van der Waals surface area contributed by atoms with E-state index in [0.717, 1.165) is 16.7 Å². The van der Waals surface area contributed by atoms with Crippen molar-refractivity contribution in [3.63, 3.8) is 0 Å². The molecule has 2 aromatic rings. The van der Waals surface area contributed by atoms with Crippen molar-refractivity contribution in [2.75, 3.05) is 13.1 Å². The number of aromatic nitrogens is 3. The molecular weight excluding hydrogens is 375 g/mol. The van der Waals surface area contributed by atoms with Crippen LogP contribution in [0.1, 0.15) is 48.1 Å². The SMILES string of the molecule is CC(NC(=O)N1CCC(c2nc(C(F)(F)F)cs2)CC1)c1csnn1. The molecule has 0 aromatic carbocycles. The van der Waals surface area contributed by atoms with Gasteiger partial charge in [0.1, 0.15) is 0 Å². The van der Waals surface area contributed by atoms with Gasteiger partial charge in [0, 0.05) is 29.8 Å². The molecule has 0 saturated carbocycles. The van der Waals surface area contributed by atoms with Gasteiger partial charge in [-0.2, -0.15) is 13.2 Å². The molecule has 6 nitrogen and oxygen atoms in total. The molecule has 1 aliphatic rings. The molecule has 1 atom stereocenters. The third-order valence-corrected chi connectivity index (χ3v) is 5.63. The number of alkyl halides is 3. The number of thiazole rings is 1. The molecule has 0 spiro atoms. The molecule has 0 aliphatic carbocycles. The van der Waals surface area contributed by atoms with Gasteiger partial charge in [0.25, 0.3) is 0 Å². The minimum atomic E-state index is -4.41. The number of likely N-dealkylation sites (tertiary alicyclic amines) is 1. The number of piperidine rings is 1. The fourth-order valence-electron chi connectivity index (χ4n) is 2.65. The van der Waals surface area contributed by atoms with Crippen LogP contribution in [-0.2, 0) is 6.18 Å². The smallest absolute Gasteiger partial charge is 0.330 e. The quantitative estimate of drug-likeness (QED) is 0.867. The lowest BCUT2D eigenvalue weighted by molar-refractivity contribution is -0.140. The van der Waals surface area contributed by atoms with Crippen LogP contribution in [0.3, 0.4) is 0 Å². The van der Waals surface area contributed by atoms with E-state index in [2.05, 4.69) is 19.9 Å². The molecule has 0 radical (unpaired) electrons. The van der Waals surface area contributed by atoms with Crippen LogP contribution in [0.5, 0.6) is 0 Å². The van der Waals surface area contributed by atoms with Gasteiger partial charge in [-0.1, -0.05) is 4.49 Å². The Balaban J connectivity index is 1.53. The Morgan fingerprint density at radius 2 is 2.08 bits per heavy atom. The van der Waals surface area contributed by atoms with Crippen molar-refractivity contribution in [3.05, 3.63) is 27.2 Å². The lowest BCUT2D eigenvalue weighted by Gasteiger charge is -2.31. The molecule has 136 valence electrons. The van der Waals surface area contributed by atoms with Crippen LogP contribution in [0.15, 0.2) is 10.8 Å². The van der Waals surface area contributed by atoms with Crippen molar-refractivity contribution >= 4 is 28.9 Å². The zero-order valence-corrected chi connectivity index (χ0v) is 14.9. The van der Waals surface area contributed by atoms with Crippen molar-refractivity contribution in [2.24, 2.45) is 0 Å². The topological polar surface area (TPSA) is 71.0 Å². The van der Waals surface area contributed by atoms with E-state index in [4.69, 9.17) is 0 Å². The standard InChI is InChI=1S/C14H16F3N5OS2/c1-8(10-6-25-21-20-10)18-13(23)22-4-2-9(3-5-22)12-19-11(7-24-12)14(15,16)17/h6-9H,2-5H2,1H3,(H,18,23). The van der Waals surface area contributed by atoms with Gasteiger partial charge in [-0.15, -0.1) is 16.4 Å². The number of urea groups is 1.